The molecule has 150 valence electrons. The lowest BCUT2D eigenvalue weighted by Gasteiger charge is -2.25. The van der Waals surface area contributed by atoms with Crippen molar-refractivity contribution in [1.29, 1.82) is 0 Å². The highest BCUT2D eigenvalue weighted by Gasteiger charge is 2.21. The van der Waals surface area contributed by atoms with Crippen molar-refractivity contribution in [1.82, 2.24) is 25.4 Å². The number of aryl methyl sites for hydroxylation is 3. The first-order valence-electron chi connectivity index (χ1n) is 9.08. The molecule has 3 heterocycles. The summed E-state index contributed by atoms with van der Waals surface area (Å²) in [6, 6.07) is 4.81. The average Bonchev–Trinajstić information content (AvgIpc) is 3.17. The summed E-state index contributed by atoms with van der Waals surface area (Å²) < 4.78 is 21.3. The molecule has 0 saturated heterocycles. The Labute approximate surface area is 179 Å². The van der Waals surface area contributed by atoms with Crippen molar-refractivity contribution in [3.8, 4) is 0 Å². The summed E-state index contributed by atoms with van der Waals surface area (Å²) in [7, 11) is 1.74. The number of benzene rings is 1. The predicted molar refractivity (Wildman–Crippen MR) is 117 cm³/mol. The zero-order valence-electron chi connectivity index (χ0n) is 16.1. The summed E-state index contributed by atoms with van der Waals surface area (Å²) in [6.45, 7) is 5.09. The second kappa shape index (κ2) is 8.46. The molecule has 0 fully saturated rings. The summed E-state index contributed by atoms with van der Waals surface area (Å²) in [5.41, 5.74) is 1.63. The molecule has 9 heteroatoms. The number of hydrogen-bond acceptors (Lipinski definition) is 4. The van der Waals surface area contributed by atoms with Crippen molar-refractivity contribution < 1.29 is 8.81 Å². The van der Waals surface area contributed by atoms with E-state index in [1.165, 1.54) is 12.1 Å². The van der Waals surface area contributed by atoms with Crippen LogP contribution >= 0.6 is 24.0 Å². The standard InChI is InChI=1S/C19H23FN6O.HI/c1-11-15-8-13(20)4-6-16(15)27-17(11)9-22-19(21-3)24-14-5-7-18-23-12(2)25-26(18)10-14;/h4,6,8,14H,5,7,9-10H2,1-3H3,(H2,21,22,24);1H. The van der Waals surface area contributed by atoms with Gasteiger partial charge in [-0.3, -0.25) is 4.99 Å². The number of aromatic nitrogens is 3. The molecule has 7 nitrogen and oxygen atoms in total. The van der Waals surface area contributed by atoms with E-state index in [2.05, 4.69) is 25.7 Å². The number of aliphatic imine (C=N–C) groups is 1. The van der Waals surface area contributed by atoms with Gasteiger partial charge in [-0.1, -0.05) is 0 Å². The molecule has 2 aromatic heterocycles. The van der Waals surface area contributed by atoms with E-state index in [9.17, 15) is 4.39 Å². The first-order valence-corrected chi connectivity index (χ1v) is 9.08. The third-order valence-electron chi connectivity index (χ3n) is 4.94. The van der Waals surface area contributed by atoms with Gasteiger partial charge in [0.05, 0.1) is 13.1 Å². The van der Waals surface area contributed by atoms with Crippen molar-refractivity contribution >= 4 is 40.9 Å². The number of rotatable bonds is 3. The zero-order valence-corrected chi connectivity index (χ0v) is 18.5. The summed E-state index contributed by atoms with van der Waals surface area (Å²) in [4.78, 5) is 8.74. The van der Waals surface area contributed by atoms with E-state index in [0.717, 1.165) is 47.7 Å². The van der Waals surface area contributed by atoms with Crippen LogP contribution in [0.5, 0.6) is 0 Å². The van der Waals surface area contributed by atoms with Crippen LogP contribution in [0.2, 0.25) is 0 Å². The molecule has 28 heavy (non-hydrogen) atoms. The Balaban J connectivity index is 0.00000225. The van der Waals surface area contributed by atoms with Crippen LogP contribution in [0.4, 0.5) is 4.39 Å². The van der Waals surface area contributed by atoms with Crippen molar-refractivity contribution in [2.45, 2.75) is 45.8 Å². The van der Waals surface area contributed by atoms with Crippen LogP contribution in [0.15, 0.2) is 27.6 Å². The van der Waals surface area contributed by atoms with E-state index < -0.39 is 0 Å². The lowest BCUT2D eigenvalue weighted by Crippen LogP contribution is -2.46. The van der Waals surface area contributed by atoms with Crippen molar-refractivity contribution in [2.24, 2.45) is 4.99 Å². The fourth-order valence-electron chi connectivity index (χ4n) is 3.52. The Bertz CT molecular complexity index is 1010. The summed E-state index contributed by atoms with van der Waals surface area (Å²) in [5, 5.41) is 12.0. The number of fused-ring (bicyclic) bond motifs is 2. The highest BCUT2D eigenvalue weighted by atomic mass is 127. The van der Waals surface area contributed by atoms with Crippen LogP contribution in [0.25, 0.3) is 11.0 Å². The smallest absolute Gasteiger partial charge is 0.191 e. The summed E-state index contributed by atoms with van der Waals surface area (Å²) >= 11 is 0. The molecule has 1 aromatic carbocycles. The molecule has 3 aromatic rings. The van der Waals surface area contributed by atoms with E-state index >= 15 is 0 Å². The lowest BCUT2D eigenvalue weighted by molar-refractivity contribution is 0.391. The maximum absolute atomic E-state index is 13.5. The van der Waals surface area contributed by atoms with Crippen LogP contribution in [0, 0.1) is 19.7 Å². The first-order chi connectivity index (χ1) is 13.0. The maximum Gasteiger partial charge on any atom is 0.191 e. The third kappa shape index (κ3) is 4.13. The van der Waals surface area contributed by atoms with Crippen LogP contribution < -0.4 is 10.6 Å². The fraction of sp³-hybridized carbons (Fsp3) is 0.421. The monoisotopic (exact) mass is 498 g/mol. The lowest BCUT2D eigenvalue weighted by atomic mass is 10.1. The largest absolute Gasteiger partial charge is 0.459 e. The van der Waals surface area contributed by atoms with Gasteiger partial charge in [-0.05, 0) is 38.5 Å². The first kappa shape index (κ1) is 20.6. The Morgan fingerprint density at radius 1 is 1.39 bits per heavy atom. The van der Waals surface area contributed by atoms with E-state index in [1.54, 1.807) is 13.1 Å². The van der Waals surface area contributed by atoms with Gasteiger partial charge in [-0.25, -0.2) is 14.1 Å². The highest BCUT2D eigenvalue weighted by Crippen LogP contribution is 2.25. The van der Waals surface area contributed by atoms with Crippen molar-refractivity contribution in [3.63, 3.8) is 0 Å². The molecular formula is C19H24FIN6O. The third-order valence-corrected chi connectivity index (χ3v) is 4.94. The summed E-state index contributed by atoms with van der Waals surface area (Å²) in [6.07, 6.45) is 1.87. The maximum atomic E-state index is 13.5. The number of furan rings is 1. The van der Waals surface area contributed by atoms with Crippen LogP contribution in [0.1, 0.15) is 29.4 Å². The van der Waals surface area contributed by atoms with Gasteiger partial charge < -0.3 is 15.1 Å². The molecule has 0 saturated carbocycles. The van der Waals surface area contributed by atoms with E-state index in [0.29, 0.717) is 18.1 Å². The second-order valence-corrected chi connectivity index (χ2v) is 6.85. The minimum Gasteiger partial charge on any atom is -0.459 e. The minimum absolute atomic E-state index is 0. The molecule has 1 atom stereocenters. The predicted octanol–water partition coefficient (Wildman–Crippen LogP) is 3.08. The fourth-order valence-corrected chi connectivity index (χ4v) is 3.52. The number of nitrogens with zero attached hydrogens (tertiary/aromatic N) is 4. The molecule has 1 aliphatic heterocycles. The average molecular weight is 498 g/mol. The summed E-state index contributed by atoms with van der Waals surface area (Å²) in [5.74, 6) is 3.06. The van der Waals surface area contributed by atoms with Crippen molar-refractivity contribution in [2.75, 3.05) is 7.05 Å². The Kier molecular flexibility index (Phi) is 6.21. The minimum atomic E-state index is -0.261. The van der Waals surface area contributed by atoms with Gasteiger partial charge in [0, 0.05) is 30.5 Å². The SMILES string of the molecule is CN=C(NCc1oc2ccc(F)cc2c1C)NC1CCc2nc(C)nn2C1.I. The van der Waals surface area contributed by atoms with Gasteiger partial charge in [0.15, 0.2) is 5.96 Å². The molecule has 2 N–H and O–H groups in total. The quantitative estimate of drug-likeness (QED) is 0.330. The molecule has 0 radical (unpaired) electrons. The number of nitrogens with one attached hydrogen (secondary N) is 2. The zero-order chi connectivity index (χ0) is 19.0. The van der Waals surface area contributed by atoms with Crippen LogP contribution in [-0.2, 0) is 19.5 Å². The van der Waals surface area contributed by atoms with Gasteiger partial charge >= 0.3 is 0 Å². The molecule has 1 aliphatic rings. The molecule has 4 rings (SSSR count). The second-order valence-electron chi connectivity index (χ2n) is 6.85. The molecular weight excluding hydrogens is 474 g/mol. The molecule has 0 amide bonds. The number of hydrogen-bond donors (Lipinski definition) is 2. The van der Waals surface area contributed by atoms with E-state index in [4.69, 9.17) is 4.42 Å². The molecule has 1 unspecified atom stereocenters. The van der Waals surface area contributed by atoms with Crippen LogP contribution in [-0.4, -0.2) is 33.8 Å². The number of halogens is 2. The molecule has 0 bridgehead atoms. The van der Waals surface area contributed by atoms with Gasteiger partial charge in [0.1, 0.15) is 28.8 Å². The van der Waals surface area contributed by atoms with Crippen molar-refractivity contribution in [3.05, 3.63) is 47.0 Å². The topological polar surface area (TPSA) is 80.3 Å². The normalized spacial score (nSPS) is 16.6. The highest BCUT2D eigenvalue weighted by molar-refractivity contribution is 14.0. The molecule has 0 spiro atoms. The van der Waals surface area contributed by atoms with Gasteiger partial charge in [0.25, 0.3) is 0 Å². The van der Waals surface area contributed by atoms with E-state index in [1.807, 2.05) is 18.5 Å². The Morgan fingerprint density at radius 3 is 3.00 bits per heavy atom. The van der Waals surface area contributed by atoms with E-state index in [-0.39, 0.29) is 35.8 Å². The Hall–Kier alpha value is -2.17. The van der Waals surface area contributed by atoms with Crippen LogP contribution in [0.3, 0.4) is 0 Å². The number of guanidine groups is 1. The van der Waals surface area contributed by atoms with Gasteiger partial charge in [-0.2, -0.15) is 5.10 Å². The Morgan fingerprint density at radius 2 is 2.21 bits per heavy atom. The van der Waals surface area contributed by atoms with Gasteiger partial charge in [0.2, 0.25) is 0 Å². The molecule has 0 aliphatic carbocycles. The van der Waals surface area contributed by atoms with Gasteiger partial charge in [-0.15, -0.1) is 24.0 Å².